The van der Waals surface area contributed by atoms with E-state index in [0.29, 0.717) is 10.8 Å². The summed E-state index contributed by atoms with van der Waals surface area (Å²) < 4.78 is 1.48. The third-order valence-corrected chi connectivity index (χ3v) is 4.47. The Hall–Kier alpha value is -2.20. The predicted octanol–water partition coefficient (Wildman–Crippen LogP) is 0.666. The fraction of sp³-hybridized carbons (Fsp3) is 0.500. The molecular formula is C12H16N6O3S. The van der Waals surface area contributed by atoms with Crippen molar-refractivity contribution in [3.8, 4) is 0 Å². The molecule has 3 heterocycles. The summed E-state index contributed by atoms with van der Waals surface area (Å²) in [7, 11) is 0. The maximum absolute atomic E-state index is 11.3. The molecule has 10 heteroatoms. The van der Waals surface area contributed by atoms with Gasteiger partial charge in [-0.3, -0.25) is 9.69 Å². The summed E-state index contributed by atoms with van der Waals surface area (Å²) in [5, 5.41) is 16.2. The summed E-state index contributed by atoms with van der Waals surface area (Å²) >= 11 is 1.36. The van der Waals surface area contributed by atoms with Crippen molar-refractivity contribution >= 4 is 33.8 Å². The van der Waals surface area contributed by atoms with Crippen molar-refractivity contribution in [1.29, 1.82) is 0 Å². The highest BCUT2D eigenvalue weighted by atomic mass is 32.1. The Morgan fingerprint density at radius 1 is 1.55 bits per heavy atom. The Balaban J connectivity index is 1.69. The van der Waals surface area contributed by atoms with Gasteiger partial charge in [-0.1, -0.05) is 11.3 Å². The second kappa shape index (κ2) is 5.89. The first-order valence-electron chi connectivity index (χ1n) is 6.91. The molecule has 0 atom stereocenters. The molecule has 2 aromatic rings. The lowest BCUT2D eigenvalue weighted by Crippen LogP contribution is -2.43. The van der Waals surface area contributed by atoms with Crippen molar-refractivity contribution in [2.75, 3.05) is 25.0 Å². The average Bonchev–Trinajstić information content (AvgIpc) is 3.00. The number of nitrogens with one attached hydrogen (secondary N) is 1. The van der Waals surface area contributed by atoms with E-state index in [1.165, 1.54) is 15.7 Å². The number of fused-ring (bicyclic) bond motifs is 1. The number of primary amides is 1. The fourth-order valence-electron chi connectivity index (χ4n) is 2.69. The molecule has 1 saturated heterocycles. The van der Waals surface area contributed by atoms with Crippen molar-refractivity contribution < 1.29 is 9.72 Å². The molecule has 0 spiro atoms. The third kappa shape index (κ3) is 2.88. The molecule has 1 aliphatic rings. The van der Waals surface area contributed by atoms with E-state index >= 15 is 0 Å². The van der Waals surface area contributed by atoms with Crippen LogP contribution in [0.5, 0.6) is 0 Å². The number of rotatable bonds is 5. The zero-order valence-corrected chi connectivity index (χ0v) is 12.6. The lowest BCUT2D eigenvalue weighted by Gasteiger charge is -2.31. The molecule has 1 fully saturated rings. The van der Waals surface area contributed by atoms with Gasteiger partial charge in [0.2, 0.25) is 11.7 Å². The van der Waals surface area contributed by atoms with E-state index in [4.69, 9.17) is 5.73 Å². The number of amides is 1. The third-order valence-electron chi connectivity index (χ3n) is 3.72. The zero-order chi connectivity index (χ0) is 15.7. The van der Waals surface area contributed by atoms with E-state index in [1.807, 2.05) is 4.90 Å². The number of likely N-dealkylation sites (tertiary alicyclic amines) is 1. The van der Waals surface area contributed by atoms with Gasteiger partial charge < -0.3 is 21.2 Å². The number of nitrogens with zero attached hydrogens (tertiary/aromatic N) is 4. The number of nitro groups is 1. The van der Waals surface area contributed by atoms with Crippen molar-refractivity contribution in [3.63, 3.8) is 0 Å². The van der Waals surface area contributed by atoms with Crippen LogP contribution in [0.3, 0.4) is 0 Å². The number of anilines is 1. The number of carbonyl (C=O) groups is 1. The summed E-state index contributed by atoms with van der Waals surface area (Å²) in [5.41, 5.74) is 5.18. The highest BCUT2D eigenvalue weighted by Crippen LogP contribution is 2.29. The predicted molar refractivity (Wildman–Crippen MR) is 82.0 cm³/mol. The molecule has 0 unspecified atom stereocenters. The Labute approximate surface area is 129 Å². The zero-order valence-electron chi connectivity index (χ0n) is 11.8. The maximum Gasteiger partial charge on any atom is 0.372 e. The Kier molecular flexibility index (Phi) is 3.94. The molecule has 3 rings (SSSR count). The van der Waals surface area contributed by atoms with Crippen molar-refractivity contribution in [1.82, 2.24) is 14.3 Å². The molecule has 22 heavy (non-hydrogen) atoms. The van der Waals surface area contributed by atoms with Gasteiger partial charge in [0.05, 0.1) is 6.54 Å². The normalized spacial score (nSPS) is 16.9. The minimum Gasteiger partial charge on any atom is -0.369 e. The molecule has 3 N–H and O–H groups in total. The van der Waals surface area contributed by atoms with E-state index in [-0.39, 0.29) is 24.3 Å². The molecule has 1 amide bonds. The molecule has 118 valence electrons. The first-order valence-corrected chi connectivity index (χ1v) is 7.79. The van der Waals surface area contributed by atoms with Crippen molar-refractivity contribution in [2.24, 2.45) is 5.73 Å². The number of imidazole rings is 1. The molecule has 0 saturated carbocycles. The summed E-state index contributed by atoms with van der Waals surface area (Å²) in [6, 6.07) is 0.104. The topological polar surface area (TPSA) is 119 Å². The van der Waals surface area contributed by atoms with Gasteiger partial charge in [-0.15, -0.1) is 0 Å². The molecule has 2 aromatic heterocycles. The Morgan fingerprint density at radius 2 is 2.27 bits per heavy atom. The summed E-state index contributed by atoms with van der Waals surface area (Å²) in [4.78, 5) is 28.6. The van der Waals surface area contributed by atoms with Gasteiger partial charge in [0.15, 0.2) is 0 Å². The van der Waals surface area contributed by atoms with Gasteiger partial charge in [-0.2, -0.15) is 9.38 Å². The maximum atomic E-state index is 11.3. The van der Waals surface area contributed by atoms with E-state index in [2.05, 4.69) is 10.3 Å². The first kappa shape index (κ1) is 14.7. The van der Waals surface area contributed by atoms with Crippen molar-refractivity contribution in [3.05, 3.63) is 21.7 Å². The number of nitrogens with two attached hydrogens (primary N) is 1. The summed E-state index contributed by atoms with van der Waals surface area (Å²) in [5.74, 6) is -0.0580. The second-order valence-electron chi connectivity index (χ2n) is 5.26. The van der Waals surface area contributed by atoms with Crippen LogP contribution in [0.1, 0.15) is 12.8 Å². The number of piperidine rings is 1. The minimum atomic E-state index is -0.419. The Morgan fingerprint density at radius 3 is 2.91 bits per heavy atom. The molecule has 0 bridgehead atoms. The molecule has 0 aliphatic carbocycles. The largest absolute Gasteiger partial charge is 0.372 e. The Bertz CT molecular complexity index is 703. The van der Waals surface area contributed by atoms with Crippen LogP contribution in [0, 0.1) is 10.1 Å². The second-order valence-corrected chi connectivity index (χ2v) is 6.13. The van der Waals surface area contributed by atoms with E-state index in [9.17, 15) is 14.9 Å². The van der Waals surface area contributed by atoms with Gasteiger partial charge in [0.1, 0.15) is 6.20 Å². The number of thiazole rings is 1. The molecule has 0 radical (unpaired) electrons. The van der Waals surface area contributed by atoms with Crippen LogP contribution in [-0.4, -0.2) is 50.8 Å². The standard InChI is InChI=1S/C12H16N6O3S/c13-9(19)7-16-3-1-8(2-4-16)14-10-11(18(20)21)17-5-6-22-12(17)15-10/h5-6,8,14H,1-4,7H2,(H2,13,19). The molecule has 1 aliphatic heterocycles. The van der Waals surface area contributed by atoms with Gasteiger partial charge >= 0.3 is 5.82 Å². The van der Waals surface area contributed by atoms with Gasteiger partial charge in [-0.25, -0.2) is 0 Å². The average molecular weight is 324 g/mol. The van der Waals surface area contributed by atoms with Gasteiger partial charge in [0.25, 0.3) is 4.96 Å². The molecule has 9 nitrogen and oxygen atoms in total. The molecular weight excluding hydrogens is 308 g/mol. The van der Waals surface area contributed by atoms with Gasteiger partial charge in [0, 0.05) is 24.5 Å². The first-order chi connectivity index (χ1) is 10.5. The number of hydrogen-bond acceptors (Lipinski definition) is 7. The molecule has 0 aromatic carbocycles. The van der Waals surface area contributed by atoms with Crippen LogP contribution >= 0.6 is 11.3 Å². The summed E-state index contributed by atoms with van der Waals surface area (Å²) in [6.07, 6.45) is 3.22. The highest BCUT2D eigenvalue weighted by molar-refractivity contribution is 7.15. The van der Waals surface area contributed by atoms with E-state index in [1.54, 1.807) is 11.6 Å². The smallest absolute Gasteiger partial charge is 0.369 e. The van der Waals surface area contributed by atoms with Crippen LogP contribution in [-0.2, 0) is 4.79 Å². The van der Waals surface area contributed by atoms with Crippen LogP contribution in [0.2, 0.25) is 0 Å². The van der Waals surface area contributed by atoms with Crippen LogP contribution in [0.4, 0.5) is 11.6 Å². The lowest BCUT2D eigenvalue weighted by atomic mass is 10.1. The number of hydrogen-bond donors (Lipinski definition) is 2. The number of aromatic nitrogens is 2. The van der Waals surface area contributed by atoms with E-state index < -0.39 is 4.92 Å². The lowest BCUT2D eigenvalue weighted by molar-refractivity contribution is -0.389. The quantitative estimate of drug-likeness (QED) is 0.616. The highest BCUT2D eigenvalue weighted by Gasteiger charge is 2.27. The van der Waals surface area contributed by atoms with Gasteiger partial charge in [-0.05, 0) is 17.8 Å². The SMILES string of the molecule is NC(=O)CN1CCC(Nc2nc3sccn3c2[N+](=O)[O-])CC1. The minimum absolute atomic E-state index is 0.0317. The van der Waals surface area contributed by atoms with E-state index in [0.717, 1.165) is 25.9 Å². The fourth-order valence-corrected chi connectivity index (χ4v) is 3.40. The monoisotopic (exact) mass is 324 g/mol. The van der Waals surface area contributed by atoms with Crippen LogP contribution < -0.4 is 11.1 Å². The van der Waals surface area contributed by atoms with Crippen LogP contribution in [0.15, 0.2) is 11.6 Å². The van der Waals surface area contributed by atoms with Crippen LogP contribution in [0.25, 0.3) is 4.96 Å². The summed E-state index contributed by atoms with van der Waals surface area (Å²) in [6.45, 7) is 1.72. The number of carbonyl (C=O) groups excluding carboxylic acids is 1. The van der Waals surface area contributed by atoms with Crippen molar-refractivity contribution in [2.45, 2.75) is 18.9 Å².